The van der Waals surface area contributed by atoms with Crippen molar-refractivity contribution in [3.63, 3.8) is 0 Å². The summed E-state index contributed by atoms with van der Waals surface area (Å²) in [6.45, 7) is 3.09. The maximum Gasteiger partial charge on any atom is 0.326 e. The summed E-state index contributed by atoms with van der Waals surface area (Å²) >= 11 is 0. The molecule has 10 nitrogen and oxygen atoms in total. The molecule has 2 saturated heterocycles. The summed E-state index contributed by atoms with van der Waals surface area (Å²) in [5, 5.41) is 12.4. The highest BCUT2D eigenvalue weighted by molar-refractivity contribution is 7.89. The third kappa shape index (κ3) is 6.09. The molecule has 0 radical (unpaired) electrons. The Labute approximate surface area is 228 Å². The van der Waals surface area contributed by atoms with Gasteiger partial charge < -0.3 is 20.2 Å². The van der Waals surface area contributed by atoms with Crippen LogP contribution in [0.4, 0.5) is 5.69 Å². The summed E-state index contributed by atoms with van der Waals surface area (Å²) in [7, 11) is -3.87. The molecule has 11 heteroatoms. The van der Waals surface area contributed by atoms with Gasteiger partial charge in [0.1, 0.15) is 12.1 Å². The molecule has 2 heterocycles. The molecule has 208 valence electrons. The highest BCUT2D eigenvalue weighted by Gasteiger charge is 2.40. The molecule has 0 spiro atoms. The van der Waals surface area contributed by atoms with Crippen LogP contribution in [0.15, 0.2) is 59.5 Å². The van der Waals surface area contributed by atoms with Crippen molar-refractivity contribution in [1.29, 1.82) is 0 Å². The second-order valence-electron chi connectivity index (χ2n) is 10.4. The molecular weight excluding hydrogens is 520 g/mol. The fourth-order valence-corrected chi connectivity index (χ4v) is 7.02. The fourth-order valence-electron chi connectivity index (χ4n) is 5.34. The number of carboxylic acid groups (broad SMARTS) is 1. The number of nitrogens with zero attached hydrogens (tertiary/aromatic N) is 3. The molecule has 0 aromatic heterocycles. The number of rotatable bonds is 9. The van der Waals surface area contributed by atoms with E-state index >= 15 is 0 Å². The second-order valence-corrected chi connectivity index (χ2v) is 12.3. The molecule has 2 aromatic rings. The minimum atomic E-state index is -3.87. The lowest BCUT2D eigenvalue weighted by molar-refractivity contribution is -0.142. The quantitative estimate of drug-likeness (QED) is 0.483. The van der Waals surface area contributed by atoms with Gasteiger partial charge in [0.2, 0.25) is 21.8 Å². The number of hydrogen-bond donors (Lipinski definition) is 2. The fraction of sp³-hybridized carbons (Fsp3) is 0.464. The van der Waals surface area contributed by atoms with Gasteiger partial charge in [-0.2, -0.15) is 4.31 Å². The van der Waals surface area contributed by atoms with E-state index in [0.29, 0.717) is 25.9 Å². The molecule has 2 aliphatic heterocycles. The van der Waals surface area contributed by atoms with Crippen LogP contribution in [0.1, 0.15) is 31.2 Å². The predicted molar refractivity (Wildman–Crippen MR) is 145 cm³/mol. The number of carbonyl (C=O) groups excluding carboxylic acids is 2. The molecule has 0 bridgehead atoms. The van der Waals surface area contributed by atoms with E-state index in [1.807, 2.05) is 29.2 Å². The number of nitrogens with one attached hydrogen (secondary N) is 1. The Morgan fingerprint density at radius 1 is 0.897 bits per heavy atom. The van der Waals surface area contributed by atoms with Gasteiger partial charge in [0.15, 0.2) is 0 Å². The van der Waals surface area contributed by atoms with Crippen LogP contribution in [-0.4, -0.2) is 85.3 Å². The monoisotopic (exact) mass is 554 g/mol. The number of carbonyl (C=O) groups is 3. The third-order valence-electron chi connectivity index (χ3n) is 7.73. The number of benzene rings is 2. The average Bonchev–Trinajstić information content (AvgIpc) is 3.68. The summed E-state index contributed by atoms with van der Waals surface area (Å²) in [6, 6.07) is 13.3. The van der Waals surface area contributed by atoms with E-state index in [2.05, 4.69) is 10.2 Å². The van der Waals surface area contributed by atoms with Crippen molar-refractivity contribution in [3.05, 3.63) is 60.2 Å². The van der Waals surface area contributed by atoms with Gasteiger partial charge in [-0.15, -0.1) is 0 Å². The van der Waals surface area contributed by atoms with Crippen LogP contribution in [0.25, 0.3) is 0 Å². The number of aliphatic carboxylic acids is 1. The summed E-state index contributed by atoms with van der Waals surface area (Å²) in [5.41, 5.74) is 1.75. The molecule has 1 aliphatic carbocycles. The van der Waals surface area contributed by atoms with Crippen molar-refractivity contribution in [2.24, 2.45) is 5.92 Å². The van der Waals surface area contributed by atoms with Crippen LogP contribution in [-0.2, 0) is 30.8 Å². The molecular formula is C28H34N4O6S. The Kier molecular flexibility index (Phi) is 7.90. The molecule has 2 atom stereocenters. The maximum absolute atomic E-state index is 13.1. The number of amides is 2. The number of sulfonamides is 1. The van der Waals surface area contributed by atoms with E-state index in [4.69, 9.17) is 0 Å². The molecule has 1 saturated carbocycles. The zero-order valence-electron chi connectivity index (χ0n) is 21.7. The largest absolute Gasteiger partial charge is 0.480 e. The van der Waals surface area contributed by atoms with Crippen molar-refractivity contribution in [1.82, 2.24) is 14.5 Å². The van der Waals surface area contributed by atoms with Crippen LogP contribution >= 0.6 is 0 Å². The van der Waals surface area contributed by atoms with E-state index in [9.17, 15) is 27.9 Å². The molecule has 39 heavy (non-hydrogen) atoms. The first-order chi connectivity index (χ1) is 18.7. The average molecular weight is 555 g/mol. The van der Waals surface area contributed by atoms with E-state index in [1.165, 1.54) is 16.4 Å². The van der Waals surface area contributed by atoms with Crippen molar-refractivity contribution in [3.8, 4) is 0 Å². The highest BCUT2D eigenvalue weighted by atomic mass is 32.2. The summed E-state index contributed by atoms with van der Waals surface area (Å²) in [4.78, 5) is 41.7. The Hall–Kier alpha value is -3.44. The summed E-state index contributed by atoms with van der Waals surface area (Å²) in [6.07, 6.45) is 2.93. The number of piperazine rings is 1. The van der Waals surface area contributed by atoms with Crippen LogP contribution < -0.4 is 10.2 Å². The number of anilines is 1. The standard InChI is InChI=1S/C28H34N4O6S/c33-26(25-7-4-14-32(25)39(37,38)23-5-2-1-3-6-23)29-24(28(35)36)19-20-8-12-22(13-9-20)30-15-17-31(18-16-30)27(34)21-10-11-21/h1-3,5-6,8-9,12-13,21,24-25H,4,7,10-11,14-19H2,(H,29,33)(H,35,36)/t24-,25-/m0/s1. The summed E-state index contributed by atoms with van der Waals surface area (Å²) in [5.74, 6) is -1.29. The lowest BCUT2D eigenvalue weighted by Crippen LogP contribution is -2.51. The molecule has 5 rings (SSSR count). The van der Waals surface area contributed by atoms with E-state index in [1.54, 1.807) is 18.2 Å². The SMILES string of the molecule is O=C(O)[C@H](Cc1ccc(N2CCN(C(=O)C3CC3)CC2)cc1)NC(=O)[C@@H]1CCCN1S(=O)(=O)c1ccccc1. The maximum atomic E-state index is 13.1. The van der Waals surface area contributed by atoms with Crippen molar-refractivity contribution < 1.29 is 27.9 Å². The van der Waals surface area contributed by atoms with Crippen LogP contribution in [0.3, 0.4) is 0 Å². The first kappa shape index (κ1) is 27.1. The van der Waals surface area contributed by atoms with E-state index in [-0.39, 0.29) is 29.7 Å². The van der Waals surface area contributed by atoms with Gasteiger partial charge in [-0.1, -0.05) is 30.3 Å². The molecule has 0 unspecified atom stereocenters. The van der Waals surface area contributed by atoms with Crippen LogP contribution in [0.5, 0.6) is 0 Å². The molecule has 3 fully saturated rings. The Bertz CT molecular complexity index is 1310. The van der Waals surface area contributed by atoms with Gasteiger partial charge in [0.25, 0.3) is 0 Å². The minimum absolute atomic E-state index is 0.0726. The van der Waals surface area contributed by atoms with Gasteiger partial charge in [-0.25, -0.2) is 13.2 Å². The number of carboxylic acids is 1. The van der Waals surface area contributed by atoms with Crippen molar-refractivity contribution in [2.75, 3.05) is 37.6 Å². The topological polar surface area (TPSA) is 127 Å². The zero-order chi connectivity index (χ0) is 27.6. The third-order valence-corrected chi connectivity index (χ3v) is 9.65. The van der Waals surface area contributed by atoms with Crippen LogP contribution in [0, 0.1) is 5.92 Å². The Morgan fingerprint density at radius 2 is 1.56 bits per heavy atom. The van der Waals surface area contributed by atoms with E-state index in [0.717, 1.165) is 37.2 Å². The first-order valence-corrected chi connectivity index (χ1v) is 14.9. The van der Waals surface area contributed by atoms with E-state index < -0.39 is 34.0 Å². The van der Waals surface area contributed by atoms with Gasteiger partial charge in [0, 0.05) is 50.7 Å². The van der Waals surface area contributed by atoms with Crippen LogP contribution in [0.2, 0.25) is 0 Å². The second kappa shape index (κ2) is 11.4. The van der Waals surface area contributed by atoms with Crippen molar-refractivity contribution in [2.45, 2.75) is 49.1 Å². The van der Waals surface area contributed by atoms with Gasteiger partial charge in [0.05, 0.1) is 4.90 Å². The zero-order valence-corrected chi connectivity index (χ0v) is 22.6. The first-order valence-electron chi connectivity index (χ1n) is 13.5. The smallest absolute Gasteiger partial charge is 0.326 e. The Morgan fingerprint density at radius 3 is 2.18 bits per heavy atom. The van der Waals surface area contributed by atoms with Gasteiger partial charge in [-0.05, 0) is 55.5 Å². The number of hydrogen-bond acceptors (Lipinski definition) is 6. The molecule has 3 aliphatic rings. The normalized spacial score (nSPS) is 21.0. The summed E-state index contributed by atoms with van der Waals surface area (Å²) < 4.78 is 27.4. The predicted octanol–water partition coefficient (Wildman–Crippen LogP) is 1.71. The lowest BCUT2D eigenvalue weighted by atomic mass is 10.0. The molecule has 2 amide bonds. The lowest BCUT2D eigenvalue weighted by Gasteiger charge is -2.36. The highest BCUT2D eigenvalue weighted by Crippen LogP contribution is 2.31. The van der Waals surface area contributed by atoms with Gasteiger partial charge >= 0.3 is 5.97 Å². The Balaban J connectivity index is 1.19. The molecule has 2 aromatic carbocycles. The van der Waals surface area contributed by atoms with Gasteiger partial charge in [-0.3, -0.25) is 9.59 Å². The molecule has 2 N–H and O–H groups in total. The minimum Gasteiger partial charge on any atom is -0.480 e. The van der Waals surface area contributed by atoms with Crippen molar-refractivity contribution >= 4 is 33.5 Å².